The molecule has 0 saturated heterocycles. The van der Waals surface area contributed by atoms with Crippen molar-refractivity contribution in [3.05, 3.63) is 82.6 Å². The number of sulfonamides is 1. The molecule has 180 valence electrons. The molecule has 0 heterocycles. The Morgan fingerprint density at radius 3 is 2.38 bits per heavy atom. The van der Waals surface area contributed by atoms with E-state index in [0.29, 0.717) is 17.2 Å². The number of hydrogen-bond donors (Lipinski definition) is 1. The lowest BCUT2D eigenvalue weighted by atomic mass is 10.2. The van der Waals surface area contributed by atoms with Crippen molar-refractivity contribution in [1.82, 2.24) is 4.31 Å². The van der Waals surface area contributed by atoms with E-state index in [2.05, 4.69) is 5.32 Å². The number of carbonyl (C=O) groups excluding carboxylic acids is 1. The van der Waals surface area contributed by atoms with Crippen LogP contribution in [0, 0.1) is 12.7 Å². The average molecular weight is 507 g/mol. The van der Waals surface area contributed by atoms with Gasteiger partial charge in [0.2, 0.25) is 15.9 Å². The maximum atomic E-state index is 14.5. The summed E-state index contributed by atoms with van der Waals surface area (Å²) in [6.07, 6.45) is 0. The monoisotopic (exact) mass is 506 g/mol. The number of methoxy groups -OCH3 is 2. The average Bonchev–Trinajstić information content (AvgIpc) is 2.80. The SMILES string of the molecule is COc1ccc(OC)c(NC(=O)CN(Cc2c(F)cccc2Cl)S(=O)(=O)c2ccc(C)cc2)c1. The first kappa shape index (κ1) is 25.5. The summed E-state index contributed by atoms with van der Waals surface area (Å²) in [6.45, 7) is 0.786. The van der Waals surface area contributed by atoms with Gasteiger partial charge in [0.15, 0.2) is 0 Å². The number of benzene rings is 3. The molecule has 0 spiro atoms. The van der Waals surface area contributed by atoms with Gasteiger partial charge in [0.05, 0.1) is 31.3 Å². The van der Waals surface area contributed by atoms with Gasteiger partial charge in [-0.05, 0) is 43.3 Å². The molecule has 0 atom stereocenters. The first-order valence-electron chi connectivity index (χ1n) is 10.2. The number of rotatable bonds is 9. The van der Waals surface area contributed by atoms with Crippen LogP contribution in [0.15, 0.2) is 65.6 Å². The van der Waals surface area contributed by atoms with Gasteiger partial charge in [0.1, 0.15) is 17.3 Å². The van der Waals surface area contributed by atoms with Crippen molar-refractivity contribution < 1.29 is 27.1 Å². The van der Waals surface area contributed by atoms with Crippen LogP contribution in [0.2, 0.25) is 5.02 Å². The van der Waals surface area contributed by atoms with Gasteiger partial charge in [0.25, 0.3) is 0 Å². The predicted octanol–water partition coefficient (Wildman–Crippen LogP) is 4.63. The van der Waals surface area contributed by atoms with Gasteiger partial charge in [-0.3, -0.25) is 4.79 Å². The highest BCUT2D eigenvalue weighted by Gasteiger charge is 2.29. The minimum absolute atomic E-state index is 0.0303. The topological polar surface area (TPSA) is 84.9 Å². The highest BCUT2D eigenvalue weighted by molar-refractivity contribution is 7.89. The van der Waals surface area contributed by atoms with Crippen molar-refractivity contribution in [2.24, 2.45) is 0 Å². The minimum atomic E-state index is -4.17. The molecule has 0 aliphatic rings. The molecule has 0 aliphatic carbocycles. The number of aryl methyl sites for hydroxylation is 1. The summed E-state index contributed by atoms with van der Waals surface area (Å²) < 4.78 is 52.6. The molecule has 0 bridgehead atoms. The van der Waals surface area contributed by atoms with Gasteiger partial charge in [-0.25, -0.2) is 12.8 Å². The molecule has 3 aromatic rings. The normalized spacial score (nSPS) is 11.4. The third kappa shape index (κ3) is 5.85. The van der Waals surface area contributed by atoms with Crippen LogP contribution >= 0.6 is 11.6 Å². The van der Waals surface area contributed by atoms with Crippen molar-refractivity contribution in [2.45, 2.75) is 18.4 Å². The van der Waals surface area contributed by atoms with Crippen molar-refractivity contribution in [3.8, 4) is 11.5 Å². The van der Waals surface area contributed by atoms with Gasteiger partial charge in [0, 0.05) is 23.2 Å². The quantitative estimate of drug-likeness (QED) is 0.457. The maximum absolute atomic E-state index is 14.5. The van der Waals surface area contributed by atoms with E-state index in [0.717, 1.165) is 9.87 Å². The molecule has 0 unspecified atom stereocenters. The Labute approximate surface area is 203 Å². The van der Waals surface area contributed by atoms with E-state index >= 15 is 0 Å². The van der Waals surface area contributed by atoms with Crippen LogP contribution in [0.5, 0.6) is 11.5 Å². The molecule has 3 aromatic carbocycles. The molecule has 1 N–H and O–H groups in total. The number of carbonyl (C=O) groups is 1. The van der Waals surface area contributed by atoms with Crippen LogP contribution in [0.4, 0.5) is 10.1 Å². The summed E-state index contributed by atoms with van der Waals surface area (Å²) in [4.78, 5) is 12.9. The van der Waals surface area contributed by atoms with Gasteiger partial charge < -0.3 is 14.8 Å². The number of nitrogens with one attached hydrogen (secondary N) is 1. The molecule has 0 saturated carbocycles. The number of halogens is 2. The van der Waals surface area contributed by atoms with Crippen molar-refractivity contribution in [3.63, 3.8) is 0 Å². The number of hydrogen-bond acceptors (Lipinski definition) is 5. The summed E-state index contributed by atoms with van der Waals surface area (Å²) in [6, 6.07) is 15.0. The molecule has 0 fully saturated rings. The van der Waals surface area contributed by atoms with E-state index in [9.17, 15) is 17.6 Å². The molecular formula is C24H24ClFN2O5S. The van der Waals surface area contributed by atoms with Gasteiger partial charge in [-0.15, -0.1) is 0 Å². The second kappa shape index (κ2) is 10.9. The molecule has 34 heavy (non-hydrogen) atoms. The van der Waals surface area contributed by atoms with Gasteiger partial charge >= 0.3 is 0 Å². The lowest BCUT2D eigenvalue weighted by molar-refractivity contribution is -0.116. The standard InChI is InChI=1S/C24H24ClFN2O5S/c1-16-7-10-18(11-8-16)34(30,31)28(14-19-20(25)5-4-6-21(19)26)15-24(29)27-22-13-17(32-2)9-12-23(22)33-3/h4-13H,14-15H2,1-3H3,(H,27,29). The lowest BCUT2D eigenvalue weighted by Gasteiger charge is -2.23. The summed E-state index contributed by atoms with van der Waals surface area (Å²) in [5.41, 5.74) is 1.13. The highest BCUT2D eigenvalue weighted by atomic mass is 35.5. The third-order valence-corrected chi connectivity index (χ3v) is 7.22. The molecule has 0 aliphatic heterocycles. The molecule has 7 nitrogen and oxygen atoms in total. The van der Waals surface area contributed by atoms with Crippen LogP contribution in [-0.2, 0) is 21.4 Å². The fourth-order valence-electron chi connectivity index (χ4n) is 3.21. The molecule has 1 amide bonds. The summed E-state index contributed by atoms with van der Waals surface area (Å²) in [7, 11) is -1.26. The minimum Gasteiger partial charge on any atom is -0.497 e. The van der Waals surface area contributed by atoms with Crippen molar-refractivity contribution >= 4 is 33.2 Å². The number of amides is 1. The Hall–Kier alpha value is -3.14. The van der Waals surface area contributed by atoms with Crippen LogP contribution in [-0.4, -0.2) is 39.4 Å². The number of nitrogens with zero attached hydrogens (tertiary/aromatic N) is 1. The molecule has 0 aromatic heterocycles. The molecular weight excluding hydrogens is 483 g/mol. The van der Waals surface area contributed by atoms with E-state index in [-0.39, 0.29) is 15.5 Å². The molecule has 0 radical (unpaired) electrons. The molecule has 3 rings (SSSR count). The van der Waals surface area contributed by atoms with E-state index in [1.54, 1.807) is 30.3 Å². The highest BCUT2D eigenvalue weighted by Crippen LogP contribution is 2.29. The van der Waals surface area contributed by atoms with Crippen molar-refractivity contribution in [2.75, 3.05) is 26.1 Å². The van der Waals surface area contributed by atoms with E-state index < -0.39 is 34.8 Å². The Morgan fingerprint density at radius 2 is 1.76 bits per heavy atom. The largest absolute Gasteiger partial charge is 0.497 e. The van der Waals surface area contributed by atoms with E-state index in [1.807, 2.05) is 6.92 Å². The zero-order valence-corrected chi connectivity index (χ0v) is 20.4. The Balaban J connectivity index is 1.95. The Kier molecular flexibility index (Phi) is 8.14. The van der Waals surface area contributed by atoms with Crippen LogP contribution in [0.25, 0.3) is 0 Å². The maximum Gasteiger partial charge on any atom is 0.243 e. The lowest BCUT2D eigenvalue weighted by Crippen LogP contribution is -2.38. The van der Waals surface area contributed by atoms with Crippen molar-refractivity contribution in [1.29, 1.82) is 0 Å². The smallest absolute Gasteiger partial charge is 0.243 e. The number of anilines is 1. The van der Waals surface area contributed by atoms with Crippen LogP contribution in [0.3, 0.4) is 0 Å². The summed E-state index contributed by atoms with van der Waals surface area (Å²) in [5, 5.41) is 2.69. The fraction of sp³-hybridized carbons (Fsp3) is 0.208. The second-order valence-electron chi connectivity index (χ2n) is 7.40. The van der Waals surface area contributed by atoms with E-state index in [4.69, 9.17) is 21.1 Å². The zero-order chi connectivity index (χ0) is 24.9. The van der Waals surface area contributed by atoms with E-state index in [1.165, 1.54) is 44.6 Å². The molecule has 10 heteroatoms. The predicted molar refractivity (Wildman–Crippen MR) is 128 cm³/mol. The third-order valence-electron chi connectivity index (χ3n) is 5.06. The summed E-state index contributed by atoms with van der Waals surface area (Å²) in [5.74, 6) is -0.501. The second-order valence-corrected chi connectivity index (χ2v) is 9.75. The fourth-order valence-corrected chi connectivity index (χ4v) is 4.79. The Morgan fingerprint density at radius 1 is 1.06 bits per heavy atom. The Bertz CT molecular complexity index is 1260. The van der Waals surface area contributed by atoms with Crippen LogP contribution in [0.1, 0.15) is 11.1 Å². The zero-order valence-electron chi connectivity index (χ0n) is 18.8. The summed E-state index contributed by atoms with van der Waals surface area (Å²) >= 11 is 6.14. The van der Waals surface area contributed by atoms with Crippen LogP contribution < -0.4 is 14.8 Å². The van der Waals surface area contributed by atoms with Gasteiger partial charge in [-0.1, -0.05) is 35.4 Å². The van der Waals surface area contributed by atoms with Gasteiger partial charge in [-0.2, -0.15) is 4.31 Å². The first-order chi connectivity index (χ1) is 16.1. The number of ether oxygens (including phenoxy) is 2. The first-order valence-corrected chi connectivity index (χ1v) is 12.0.